The average Bonchev–Trinajstić information content (AvgIpc) is 3.24. The maximum atomic E-state index is 12.6. The lowest BCUT2D eigenvalue weighted by Gasteiger charge is -2.15. The van der Waals surface area contributed by atoms with E-state index in [2.05, 4.69) is 0 Å². The van der Waals surface area contributed by atoms with Crippen LogP contribution in [0.5, 0.6) is 0 Å². The highest BCUT2D eigenvalue weighted by molar-refractivity contribution is 6.31. The maximum Gasteiger partial charge on any atom is 0.147 e. The van der Waals surface area contributed by atoms with Crippen molar-refractivity contribution in [3.05, 3.63) is 64.7 Å². The molecule has 0 aromatic heterocycles. The van der Waals surface area contributed by atoms with E-state index in [0.29, 0.717) is 11.4 Å². The van der Waals surface area contributed by atoms with E-state index < -0.39 is 0 Å². The number of Topliss-reactive ketones (excluding diaryl/α,β-unsaturated/α-hetero) is 1. The summed E-state index contributed by atoms with van der Waals surface area (Å²) in [6.45, 7) is 0. The molecule has 0 heterocycles. The molecule has 1 saturated carbocycles. The highest BCUT2D eigenvalue weighted by Crippen LogP contribution is 2.49. The van der Waals surface area contributed by atoms with Crippen LogP contribution in [0.25, 0.3) is 0 Å². The Morgan fingerprint density at radius 2 is 1.75 bits per heavy atom. The van der Waals surface area contributed by atoms with Crippen LogP contribution in [-0.4, -0.2) is 5.78 Å². The van der Waals surface area contributed by atoms with E-state index in [1.807, 2.05) is 48.5 Å². The third-order valence-corrected chi connectivity index (χ3v) is 4.42. The normalized spacial score (nSPS) is 15.8. The molecule has 0 spiro atoms. The molecule has 0 saturated heterocycles. The van der Waals surface area contributed by atoms with Gasteiger partial charge in [-0.3, -0.25) is 4.79 Å². The van der Waals surface area contributed by atoms with Gasteiger partial charge in [0.25, 0.3) is 0 Å². The number of hydrogen-bond acceptors (Lipinski definition) is 2. The van der Waals surface area contributed by atoms with E-state index in [9.17, 15) is 4.79 Å². The number of rotatable bonds is 4. The Bertz CT molecular complexity index is 644. The molecule has 0 aliphatic heterocycles. The van der Waals surface area contributed by atoms with Crippen molar-refractivity contribution >= 4 is 23.1 Å². The Balaban J connectivity index is 1.84. The molecule has 0 radical (unpaired) electrons. The van der Waals surface area contributed by atoms with Crippen molar-refractivity contribution in [3.63, 3.8) is 0 Å². The molecule has 0 bridgehead atoms. The fourth-order valence-electron chi connectivity index (χ4n) is 2.64. The first-order valence-electron chi connectivity index (χ1n) is 6.74. The van der Waals surface area contributed by atoms with Crippen LogP contribution in [0.15, 0.2) is 48.5 Å². The van der Waals surface area contributed by atoms with Gasteiger partial charge in [0.15, 0.2) is 0 Å². The molecule has 2 nitrogen and oxygen atoms in total. The van der Waals surface area contributed by atoms with Gasteiger partial charge in [-0.05, 0) is 42.2 Å². The van der Waals surface area contributed by atoms with Crippen LogP contribution in [0.3, 0.4) is 0 Å². The number of nitrogens with two attached hydrogens (primary N) is 1. The molecule has 1 aliphatic rings. The molecule has 2 aromatic rings. The first-order valence-corrected chi connectivity index (χ1v) is 7.12. The van der Waals surface area contributed by atoms with Gasteiger partial charge in [-0.15, -0.1) is 0 Å². The molecular weight excluding hydrogens is 270 g/mol. The molecule has 20 heavy (non-hydrogen) atoms. The Morgan fingerprint density at radius 1 is 1.10 bits per heavy atom. The quantitative estimate of drug-likeness (QED) is 0.869. The molecule has 3 rings (SSSR count). The van der Waals surface area contributed by atoms with Gasteiger partial charge >= 0.3 is 0 Å². The summed E-state index contributed by atoms with van der Waals surface area (Å²) in [4.78, 5) is 12.6. The van der Waals surface area contributed by atoms with Crippen LogP contribution in [0, 0.1) is 0 Å². The van der Waals surface area contributed by atoms with Crippen LogP contribution in [-0.2, 0) is 16.6 Å². The summed E-state index contributed by atoms with van der Waals surface area (Å²) < 4.78 is 0. The molecule has 1 aliphatic carbocycles. The van der Waals surface area contributed by atoms with Crippen molar-refractivity contribution in [2.24, 2.45) is 0 Å². The fraction of sp³-hybridized carbons (Fsp3) is 0.235. The SMILES string of the molecule is Nc1ccc(C2(C(=O)Cc3ccccc3Cl)CC2)cc1. The summed E-state index contributed by atoms with van der Waals surface area (Å²) in [6.07, 6.45) is 2.23. The van der Waals surface area contributed by atoms with Crippen molar-refractivity contribution in [1.29, 1.82) is 0 Å². The van der Waals surface area contributed by atoms with E-state index in [0.717, 1.165) is 29.7 Å². The van der Waals surface area contributed by atoms with Crippen molar-refractivity contribution in [3.8, 4) is 0 Å². The minimum Gasteiger partial charge on any atom is -0.399 e. The smallest absolute Gasteiger partial charge is 0.147 e. The molecule has 102 valence electrons. The Morgan fingerprint density at radius 3 is 2.35 bits per heavy atom. The lowest BCUT2D eigenvalue weighted by molar-refractivity contribution is -0.120. The zero-order valence-corrected chi connectivity index (χ0v) is 11.9. The number of benzene rings is 2. The third kappa shape index (κ3) is 2.32. The van der Waals surface area contributed by atoms with Crippen LogP contribution in [0.1, 0.15) is 24.0 Å². The van der Waals surface area contributed by atoms with E-state index >= 15 is 0 Å². The minimum atomic E-state index is -0.313. The number of carbonyl (C=O) groups is 1. The van der Waals surface area contributed by atoms with E-state index in [1.165, 1.54) is 0 Å². The maximum absolute atomic E-state index is 12.6. The average molecular weight is 286 g/mol. The minimum absolute atomic E-state index is 0.246. The topological polar surface area (TPSA) is 43.1 Å². The van der Waals surface area contributed by atoms with Gasteiger partial charge in [-0.1, -0.05) is 41.9 Å². The molecule has 1 fully saturated rings. The highest BCUT2D eigenvalue weighted by atomic mass is 35.5. The van der Waals surface area contributed by atoms with Crippen molar-refractivity contribution in [1.82, 2.24) is 0 Å². The molecule has 0 unspecified atom stereocenters. The number of hydrogen-bond donors (Lipinski definition) is 1. The molecule has 0 amide bonds. The number of anilines is 1. The highest BCUT2D eigenvalue weighted by Gasteiger charge is 2.50. The Kier molecular flexibility index (Phi) is 3.27. The summed E-state index contributed by atoms with van der Waals surface area (Å²) in [6, 6.07) is 15.2. The Hall–Kier alpha value is -1.80. The second-order valence-corrected chi connectivity index (χ2v) is 5.80. The molecular formula is C17H16ClNO. The van der Waals surface area contributed by atoms with Gasteiger partial charge in [0, 0.05) is 17.1 Å². The van der Waals surface area contributed by atoms with Crippen LogP contribution < -0.4 is 5.73 Å². The number of carbonyl (C=O) groups excluding carboxylic acids is 1. The number of nitrogen functional groups attached to an aromatic ring is 1. The van der Waals surface area contributed by atoms with Crippen molar-refractivity contribution < 1.29 is 4.79 Å². The van der Waals surface area contributed by atoms with E-state index in [4.69, 9.17) is 17.3 Å². The van der Waals surface area contributed by atoms with Gasteiger partial charge in [0.05, 0.1) is 5.41 Å². The zero-order chi connectivity index (χ0) is 14.2. The summed E-state index contributed by atoms with van der Waals surface area (Å²) in [5.41, 5.74) is 8.10. The number of ketones is 1. The second kappa shape index (κ2) is 4.95. The van der Waals surface area contributed by atoms with E-state index in [1.54, 1.807) is 0 Å². The van der Waals surface area contributed by atoms with Crippen molar-refractivity contribution in [2.75, 3.05) is 5.73 Å². The summed E-state index contributed by atoms with van der Waals surface area (Å²) >= 11 is 6.14. The van der Waals surface area contributed by atoms with Gasteiger partial charge in [-0.2, -0.15) is 0 Å². The van der Waals surface area contributed by atoms with Crippen LogP contribution >= 0.6 is 11.6 Å². The van der Waals surface area contributed by atoms with Crippen molar-refractivity contribution in [2.45, 2.75) is 24.7 Å². The Labute approximate surface area is 123 Å². The lowest BCUT2D eigenvalue weighted by Crippen LogP contribution is -2.22. The molecule has 0 atom stereocenters. The van der Waals surface area contributed by atoms with Gasteiger partial charge < -0.3 is 5.73 Å². The predicted octanol–water partition coefficient (Wildman–Crippen LogP) is 3.77. The zero-order valence-electron chi connectivity index (χ0n) is 11.1. The summed E-state index contributed by atoms with van der Waals surface area (Å²) in [5, 5.41) is 0.661. The van der Waals surface area contributed by atoms with Gasteiger partial charge in [0.1, 0.15) is 5.78 Å². The van der Waals surface area contributed by atoms with Gasteiger partial charge in [0.2, 0.25) is 0 Å². The first-order chi connectivity index (χ1) is 9.62. The second-order valence-electron chi connectivity index (χ2n) is 5.40. The first kappa shape index (κ1) is 13.2. The standard InChI is InChI=1S/C17H16ClNO/c18-15-4-2-1-3-12(15)11-16(20)17(9-10-17)13-5-7-14(19)8-6-13/h1-8H,9-11,19H2. The predicted molar refractivity (Wildman–Crippen MR) is 81.9 cm³/mol. The van der Waals surface area contributed by atoms with Crippen LogP contribution in [0.2, 0.25) is 5.02 Å². The monoisotopic (exact) mass is 285 g/mol. The molecule has 2 aromatic carbocycles. The molecule has 2 N–H and O–H groups in total. The fourth-order valence-corrected chi connectivity index (χ4v) is 2.84. The summed E-state index contributed by atoms with van der Waals surface area (Å²) in [5.74, 6) is 0.246. The number of halogens is 1. The lowest BCUT2D eigenvalue weighted by atomic mass is 9.88. The van der Waals surface area contributed by atoms with Crippen LogP contribution in [0.4, 0.5) is 5.69 Å². The largest absolute Gasteiger partial charge is 0.399 e. The van der Waals surface area contributed by atoms with Gasteiger partial charge in [-0.25, -0.2) is 0 Å². The summed E-state index contributed by atoms with van der Waals surface area (Å²) in [7, 11) is 0. The third-order valence-electron chi connectivity index (χ3n) is 4.06. The van der Waals surface area contributed by atoms with E-state index in [-0.39, 0.29) is 11.2 Å². The molecule has 3 heteroatoms.